The lowest BCUT2D eigenvalue weighted by Crippen LogP contribution is -2.16. The van der Waals surface area contributed by atoms with E-state index in [0.717, 1.165) is 0 Å². The first-order chi connectivity index (χ1) is 6.17. The van der Waals surface area contributed by atoms with E-state index in [1.807, 2.05) is 0 Å². The Morgan fingerprint density at radius 2 is 2.15 bits per heavy atom. The lowest BCUT2D eigenvalue weighted by molar-refractivity contribution is 0.0697. The summed E-state index contributed by atoms with van der Waals surface area (Å²) in [5, 5.41) is 20.4. The van der Waals surface area contributed by atoms with E-state index in [1.165, 1.54) is 12.1 Å². The number of anilines is 1. The largest absolute Gasteiger partial charge is 0.478 e. The van der Waals surface area contributed by atoms with Crippen LogP contribution in [0.4, 0.5) is 5.69 Å². The molecule has 68 valence electrons. The lowest BCUT2D eigenvalue weighted by Gasteiger charge is -2.04. The van der Waals surface area contributed by atoms with Crippen molar-refractivity contribution in [3.63, 3.8) is 0 Å². The monoisotopic (exact) mass is 179 g/mol. The third-order valence-electron chi connectivity index (χ3n) is 1.71. The fraction of sp³-hybridized carbons (Fsp3) is 0.125. The minimum absolute atomic E-state index is 0.157. The van der Waals surface area contributed by atoms with Crippen molar-refractivity contribution in [1.29, 1.82) is 0 Å². The normalized spacial score (nSPS) is 9.38. The zero-order valence-corrected chi connectivity index (χ0v) is 7.24. The number of aromatic carboxylic acids is 1. The summed E-state index contributed by atoms with van der Waals surface area (Å²) >= 11 is 0. The average molecular weight is 179 g/mol. The van der Waals surface area contributed by atoms with Gasteiger partial charge in [-0.15, -0.1) is 0 Å². The van der Waals surface area contributed by atoms with Gasteiger partial charge in [0.2, 0.25) is 0 Å². The molecule has 4 nitrogen and oxygen atoms in total. The van der Waals surface area contributed by atoms with Gasteiger partial charge in [0.05, 0.1) is 5.56 Å². The van der Waals surface area contributed by atoms with E-state index in [0.29, 0.717) is 11.2 Å². The van der Waals surface area contributed by atoms with Gasteiger partial charge in [-0.25, -0.2) is 4.79 Å². The Labute approximate surface area is 76.5 Å². The van der Waals surface area contributed by atoms with E-state index in [-0.39, 0.29) is 13.0 Å². The van der Waals surface area contributed by atoms with Crippen LogP contribution in [0.15, 0.2) is 18.2 Å². The molecule has 0 bridgehead atoms. The Morgan fingerprint density at radius 1 is 1.46 bits per heavy atom. The summed E-state index contributed by atoms with van der Waals surface area (Å²) in [6.07, 6.45) is 0. The fourth-order valence-electron chi connectivity index (χ4n) is 1.05. The first kappa shape index (κ1) is 9.60. The number of hydrogen-bond donors (Lipinski definition) is 3. The van der Waals surface area contributed by atoms with Gasteiger partial charge < -0.3 is 15.4 Å². The molecule has 0 aliphatic heterocycles. The summed E-state index contributed by atoms with van der Waals surface area (Å²) in [6, 6.07) is 4.66. The molecule has 1 rings (SSSR count). The molecular formula is C8H10BNO3. The van der Waals surface area contributed by atoms with Crippen LogP contribution >= 0.6 is 0 Å². The highest BCUT2D eigenvalue weighted by atomic mass is 16.4. The molecule has 0 aromatic heterocycles. The number of hydrogen-bond acceptors (Lipinski definition) is 3. The van der Waals surface area contributed by atoms with Crippen molar-refractivity contribution in [3.05, 3.63) is 23.8 Å². The van der Waals surface area contributed by atoms with Crippen LogP contribution in [-0.2, 0) is 0 Å². The zero-order chi connectivity index (χ0) is 9.84. The second kappa shape index (κ2) is 3.95. The second-order valence-electron chi connectivity index (χ2n) is 2.63. The molecule has 3 N–H and O–H groups in total. The Bertz CT molecular complexity index is 305. The molecule has 0 heterocycles. The first-order valence-electron chi connectivity index (χ1n) is 3.83. The van der Waals surface area contributed by atoms with Crippen LogP contribution in [0.25, 0.3) is 0 Å². The molecule has 0 aliphatic rings. The summed E-state index contributed by atoms with van der Waals surface area (Å²) in [7, 11) is 1.54. The van der Waals surface area contributed by atoms with Crippen LogP contribution in [-0.4, -0.2) is 30.6 Å². The maximum Gasteiger partial charge on any atom is 0.335 e. The number of carboxylic acids is 1. The quantitative estimate of drug-likeness (QED) is 0.541. The smallest absolute Gasteiger partial charge is 0.335 e. The van der Waals surface area contributed by atoms with Gasteiger partial charge in [0.15, 0.2) is 0 Å². The summed E-state index contributed by atoms with van der Waals surface area (Å²) < 4.78 is 0. The molecule has 13 heavy (non-hydrogen) atoms. The Morgan fingerprint density at radius 3 is 2.62 bits per heavy atom. The van der Waals surface area contributed by atoms with Gasteiger partial charge in [-0.05, 0) is 12.1 Å². The van der Waals surface area contributed by atoms with Gasteiger partial charge in [-0.2, -0.15) is 0 Å². The number of carbonyl (C=O) groups is 1. The fourth-order valence-corrected chi connectivity index (χ4v) is 1.05. The number of rotatable bonds is 3. The highest BCUT2D eigenvalue weighted by Gasteiger charge is 2.06. The second-order valence-corrected chi connectivity index (χ2v) is 2.63. The van der Waals surface area contributed by atoms with Crippen molar-refractivity contribution in [2.45, 2.75) is 0 Å². The topological polar surface area (TPSA) is 69.6 Å². The van der Waals surface area contributed by atoms with Gasteiger partial charge in [0.25, 0.3) is 0 Å². The third kappa shape index (κ3) is 2.22. The van der Waals surface area contributed by atoms with Crippen molar-refractivity contribution in [2.75, 3.05) is 12.4 Å². The third-order valence-corrected chi connectivity index (χ3v) is 1.71. The van der Waals surface area contributed by atoms with E-state index in [4.69, 9.17) is 10.1 Å². The van der Waals surface area contributed by atoms with Crippen LogP contribution in [0.2, 0.25) is 0 Å². The van der Waals surface area contributed by atoms with Gasteiger partial charge in [0.1, 0.15) is 0 Å². The minimum atomic E-state index is -0.994. The molecule has 1 aromatic rings. The predicted molar refractivity (Wildman–Crippen MR) is 51.9 cm³/mol. The molecule has 0 atom stereocenters. The van der Waals surface area contributed by atoms with Crippen molar-refractivity contribution in [3.8, 4) is 0 Å². The van der Waals surface area contributed by atoms with E-state index in [2.05, 4.69) is 5.32 Å². The van der Waals surface area contributed by atoms with Gasteiger partial charge in [0, 0.05) is 12.7 Å². The molecule has 0 amide bonds. The highest BCUT2D eigenvalue weighted by molar-refractivity contribution is 6.45. The zero-order valence-electron chi connectivity index (χ0n) is 7.24. The summed E-state index contributed by atoms with van der Waals surface area (Å²) in [6.45, 7) is 0. The number of benzene rings is 1. The molecule has 0 saturated carbocycles. The average Bonchev–Trinajstić information content (AvgIpc) is 2.16. The summed E-state index contributed by atoms with van der Waals surface area (Å²) in [4.78, 5) is 10.6. The van der Waals surface area contributed by atoms with Gasteiger partial charge in [-0.3, -0.25) is 0 Å². The number of nitrogens with one attached hydrogen (secondary N) is 1. The van der Waals surface area contributed by atoms with Crippen molar-refractivity contribution < 1.29 is 14.9 Å². The van der Waals surface area contributed by atoms with E-state index >= 15 is 0 Å². The molecule has 0 fully saturated rings. The van der Waals surface area contributed by atoms with E-state index in [1.54, 1.807) is 13.1 Å². The first-order valence-corrected chi connectivity index (χ1v) is 3.83. The van der Waals surface area contributed by atoms with Crippen LogP contribution in [0.3, 0.4) is 0 Å². The van der Waals surface area contributed by atoms with Crippen LogP contribution < -0.4 is 10.8 Å². The lowest BCUT2D eigenvalue weighted by atomic mass is 9.87. The van der Waals surface area contributed by atoms with E-state index < -0.39 is 5.97 Å². The molecule has 0 unspecified atom stereocenters. The van der Waals surface area contributed by atoms with Crippen LogP contribution in [0, 0.1) is 0 Å². The molecule has 0 spiro atoms. The van der Waals surface area contributed by atoms with Crippen LogP contribution in [0.5, 0.6) is 0 Å². The van der Waals surface area contributed by atoms with Crippen molar-refractivity contribution in [1.82, 2.24) is 0 Å². The Kier molecular flexibility index (Phi) is 2.92. The molecule has 1 aromatic carbocycles. The van der Waals surface area contributed by atoms with Crippen LogP contribution in [0.1, 0.15) is 10.4 Å². The van der Waals surface area contributed by atoms with Gasteiger partial charge >= 0.3 is 13.5 Å². The SMILES string of the molecule is CNc1cc(BO)cc(C(=O)O)c1. The predicted octanol–water partition coefficient (Wildman–Crippen LogP) is -0.604. The summed E-state index contributed by atoms with van der Waals surface area (Å²) in [5.74, 6) is -0.994. The highest BCUT2D eigenvalue weighted by Crippen LogP contribution is 2.07. The molecular weight excluding hydrogens is 169 g/mol. The van der Waals surface area contributed by atoms with E-state index in [9.17, 15) is 4.79 Å². The molecule has 0 aliphatic carbocycles. The van der Waals surface area contributed by atoms with Gasteiger partial charge in [-0.1, -0.05) is 11.5 Å². The summed E-state index contributed by atoms with van der Waals surface area (Å²) in [5.41, 5.74) is 1.45. The number of carboxylic acid groups (broad SMARTS) is 1. The maximum absolute atomic E-state index is 10.6. The van der Waals surface area contributed by atoms with Crippen molar-refractivity contribution >= 4 is 24.6 Å². The maximum atomic E-state index is 10.6. The minimum Gasteiger partial charge on any atom is -0.478 e. The molecule has 0 saturated heterocycles. The Balaban J connectivity index is 3.14. The standard InChI is InChI=1S/C8H10BNO3/c1-10-7-3-5(8(11)12)2-6(4-7)9-13/h2-4,9-10,13H,1H3,(H,11,12). The molecule has 0 radical (unpaired) electrons. The van der Waals surface area contributed by atoms with Crippen molar-refractivity contribution in [2.24, 2.45) is 0 Å². The molecule has 5 heteroatoms. The Hall–Kier alpha value is -1.49.